The summed E-state index contributed by atoms with van der Waals surface area (Å²) in [4.78, 5) is 32.8. The zero-order valence-corrected chi connectivity index (χ0v) is 41.6. The number of nitrogens with zero attached hydrogens (tertiary/aromatic N) is 4. The van der Waals surface area contributed by atoms with E-state index in [0.717, 1.165) is 50.5 Å². The molecule has 2 N–H and O–H groups in total. The van der Waals surface area contributed by atoms with Crippen molar-refractivity contribution in [1.29, 1.82) is 5.26 Å². The number of piperazine rings is 1. The number of alkyl carbamates (subject to hydrolysis) is 1. The number of carbonyl (C=O) groups is 2. The van der Waals surface area contributed by atoms with Gasteiger partial charge in [-0.05, 0) is 120 Å². The third-order valence-electron chi connectivity index (χ3n) is 10.0. The number of thioether (sulfide) groups is 1. The van der Waals surface area contributed by atoms with Crippen LogP contribution in [-0.2, 0) is 19.0 Å². The maximum Gasteiger partial charge on any atom is 1.00 e. The van der Waals surface area contributed by atoms with Crippen LogP contribution >= 0.6 is 32.6 Å². The molecule has 0 aliphatic carbocycles. The van der Waals surface area contributed by atoms with Crippen molar-refractivity contribution in [2.24, 2.45) is 4.99 Å². The Bertz CT molecular complexity index is 1780. The van der Waals surface area contributed by atoms with Crippen molar-refractivity contribution in [3.63, 3.8) is 0 Å². The molecule has 1 amide bonds. The van der Waals surface area contributed by atoms with E-state index in [1.165, 1.54) is 77.7 Å². The number of carbonyl (C=O) groups excluding carboxylic acids is 2. The minimum atomic E-state index is -0.739. The number of fused-ring (bicyclic) bond motifs is 2. The predicted molar refractivity (Wildman–Crippen MR) is 235 cm³/mol. The van der Waals surface area contributed by atoms with Gasteiger partial charge in [-0.3, -0.25) is 10.1 Å². The molecule has 0 saturated carbocycles. The molecular formula is C43H59ClFKN6O5PS-. The van der Waals surface area contributed by atoms with Crippen LogP contribution in [0.25, 0.3) is 16.7 Å². The predicted octanol–water partition coefficient (Wildman–Crippen LogP) is 5.07. The van der Waals surface area contributed by atoms with Gasteiger partial charge in [-0.25, -0.2) is 9.18 Å². The molecule has 3 atom stereocenters. The maximum atomic E-state index is 14.6. The van der Waals surface area contributed by atoms with E-state index >= 15 is 0 Å². The number of likely N-dealkylation sites (tertiary alicyclic amines) is 2. The first-order valence-electron chi connectivity index (χ1n) is 20.0. The van der Waals surface area contributed by atoms with Gasteiger partial charge in [0.2, 0.25) is 0 Å². The monoisotopic (exact) mass is 895 g/mol. The van der Waals surface area contributed by atoms with Gasteiger partial charge in [0, 0.05) is 44.5 Å². The SMILES string of the molecule is COC(=O)CCCCCCN1CCCCC1.CO[CH-]/N=C(\c1[c-]c(P)c(-c2ccc(F)cc2/C(C#N)=C(/NC(=O)OC(C)(C)C)SC)c(Cl)c1)N1CC2CCC(C1)N2.[K+]. The number of amidine groups is 1. The number of piperidine rings is 1. The molecule has 16 heteroatoms. The Balaban J connectivity index is 0.000000460. The third-order valence-corrected chi connectivity index (χ3v) is 11.5. The number of nitriles is 1. The second kappa shape index (κ2) is 26.0. The minimum Gasteiger partial charge on any atom is -0.469 e. The Morgan fingerprint density at radius 2 is 1.80 bits per heavy atom. The molecule has 3 heterocycles. The molecule has 0 radical (unpaired) electrons. The van der Waals surface area contributed by atoms with Crippen LogP contribution in [0.15, 0.2) is 34.3 Å². The van der Waals surface area contributed by atoms with Crippen molar-refractivity contribution in [2.45, 2.75) is 103 Å². The first kappa shape index (κ1) is 51.6. The van der Waals surface area contributed by atoms with Crippen molar-refractivity contribution in [2.75, 3.05) is 53.2 Å². The first-order chi connectivity index (χ1) is 27.8. The van der Waals surface area contributed by atoms with Crippen molar-refractivity contribution < 1.29 is 79.6 Å². The fraction of sp³-hybridized carbons (Fsp3) is 0.558. The van der Waals surface area contributed by atoms with Gasteiger partial charge in [-0.1, -0.05) is 30.9 Å². The fourth-order valence-corrected chi connectivity index (χ4v) is 8.81. The molecule has 2 aromatic rings. The number of nitrogens with one attached hydrogen (secondary N) is 2. The Morgan fingerprint density at radius 3 is 2.39 bits per heavy atom. The van der Waals surface area contributed by atoms with E-state index in [9.17, 15) is 19.2 Å². The fourth-order valence-electron chi connectivity index (χ4n) is 7.39. The summed E-state index contributed by atoms with van der Waals surface area (Å²) in [6.07, 6.45) is 12.6. The largest absolute Gasteiger partial charge is 1.00 e. The number of halogens is 2. The van der Waals surface area contributed by atoms with E-state index in [0.29, 0.717) is 51.4 Å². The number of allylic oxidation sites excluding steroid dienone is 1. The van der Waals surface area contributed by atoms with Gasteiger partial charge in [0.05, 0.1) is 17.7 Å². The zero-order valence-electron chi connectivity index (χ0n) is 35.7. The average Bonchev–Trinajstić information content (AvgIpc) is 3.53. The van der Waals surface area contributed by atoms with Crippen LogP contribution in [0.1, 0.15) is 96.1 Å². The summed E-state index contributed by atoms with van der Waals surface area (Å²) in [6.45, 7) is 12.0. The number of methoxy groups -OCH3 is 2. The first-order valence-corrected chi connectivity index (χ1v) is 22.2. The standard InChI is InChI=1S/C30H34ClFN5O3PS.C13H25NO2.K/c1-30(2,3)40-29(38)36-28(42-5)23(13-33)22-12-18(32)6-9-21(22)26-24(31)10-17(11-25(26)41)27(34-16-39-4)37-14-19-7-8-20(15-37)35-19;1-16-13(15)9-5-2-3-6-10-14-11-7-4-8-12-14;/h6,9-10,12,16,19-20,35H,7-8,14-15,41H2,1-5H3,(H,36,38);2-12H2,1H3;/q-2;;+1/b28-23-,34-27+;;. The van der Waals surface area contributed by atoms with E-state index < -0.39 is 17.5 Å². The topological polar surface area (TPSA) is 129 Å². The third kappa shape index (κ3) is 16.5. The van der Waals surface area contributed by atoms with Crippen molar-refractivity contribution in [3.8, 4) is 17.2 Å². The summed E-state index contributed by atoms with van der Waals surface area (Å²) in [5, 5.41) is 17.7. The van der Waals surface area contributed by atoms with E-state index in [-0.39, 0.29) is 73.5 Å². The Hall–Kier alpha value is -1.73. The number of hydrogen-bond acceptors (Lipinski definition) is 10. The molecule has 2 bridgehead atoms. The molecule has 2 aromatic carbocycles. The van der Waals surface area contributed by atoms with Gasteiger partial charge >= 0.3 is 63.4 Å². The van der Waals surface area contributed by atoms with E-state index in [4.69, 9.17) is 21.1 Å². The minimum absolute atomic E-state index is 0. The summed E-state index contributed by atoms with van der Waals surface area (Å²) < 4.78 is 29.7. The van der Waals surface area contributed by atoms with Gasteiger partial charge < -0.3 is 34.3 Å². The van der Waals surface area contributed by atoms with Gasteiger partial charge in [-0.2, -0.15) is 5.26 Å². The Morgan fingerprint density at radius 1 is 1.12 bits per heavy atom. The number of aliphatic imine (C=N–C) groups is 1. The number of unbranched alkanes of at least 4 members (excludes halogenated alkanes) is 3. The number of ether oxygens (including phenoxy) is 3. The summed E-state index contributed by atoms with van der Waals surface area (Å²) in [5.41, 5.74) is 1.34. The number of rotatable bonds is 14. The zero-order chi connectivity index (χ0) is 42.2. The summed E-state index contributed by atoms with van der Waals surface area (Å²) >= 11 is 8.08. The molecule has 318 valence electrons. The molecule has 11 nitrogen and oxygen atoms in total. The van der Waals surface area contributed by atoms with E-state index in [1.54, 1.807) is 46.3 Å². The van der Waals surface area contributed by atoms with Gasteiger partial charge in [-0.15, -0.1) is 55.6 Å². The molecule has 59 heavy (non-hydrogen) atoms. The summed E-state index contributed by atoms with van der Waals surface area (Å²) in [6, 6.07) is 12.2. The van der Waals surface area contributed by atoms with Crippen molar-refractivity contribution in [1.82, 2.24) is 20.4 Å². The molecule has 0 spiro atoms. The molecule has 3 saturated heterocycles. The quantitative estimate of drug-likeness (QED) is 0.0388. The van der Waals surface area contributed by atoms with Crippen LogP contribution in [0, 0.1) is 29.9 Å². The molecule has 3 aliphatic rings. The summed E-state index contributed by atoms with van der Waals surface area (Å²) in [5.74, 6) is 0.0747. The van der Waals surface area contributed by atoms with Gasteiger partial charge in [0.1, 0.15) is 17.5 Å². The van der Waals surface area contributed by atoms with E-state index in [1.807, 2.05) is 0 Å². The Labute approximate surface area is 405 Å². The molecule has 3 aliphatic heterocycles. The second-order valence-corrected chi connectivity index (χ2v) is 17.4. The molecule has 3 fully saturated rings. The van der Waals surface area contributed by atoms with Gasteiger partial charge in [0.25, 0.3) is 0 Å². The number of esters is 1. The normalized spacial score (nSPS) is 18.4. The van der Waals surface area contributed by atoms with Crippen LogP contribution in [0.3, 0.4) is 0 Å². The van der Waals surface area contributed by atoms with Gasteiger partial charge in [0.15, 0.2) is 0 Å². The smallest absolute Gasteiger partial charge is 0.469 e. The van der Waals surface area contributed by atoms with Crippen LogP contribution < -0.4 is 67.3 Å². The molecular weight excluding hydrogens is 837 g/mol. The van der Waals surface area contributed by atoms with Crippen molar-refractivity contribution >= 4 is 61.4 Å². The molecule has 0 aromatic heterocycles. The molecule has 3 unspecified atom stereocenters. The second-order valence-electron chi connectivity index (χ2n) is 15.6. The average molecular weight is 897 g/mol. The number of amides is 1. The number of benzene rings is 2. The van der Waals surface area contributed by atoms with Crippen LogP contribution in [0.2, 0.25) is 5.02 Å². The number of hydrogen-bond donors (Lipinski definition) is 2. The van der Waals surface area contributed by atoms with Crippen LogP contribution in [-0.4, -0.2) is 98.6 Å². The van der Waals surface area contributed by atoms with Crippen LogP contribution in [0.4, 0.5) is 9.18 Å². The maximum absolute atomic E-state index is 14.6. The van der Waals surface area contributed by atoms with Crippen LogP contribution in [0.5, 0.6) is 0 Å². The summed E-state index contributed by atoms with van der Waals surface area (Å²) in [7, 11) is 5.65. The van der Waals surface area contributed by atoms with E-state index in [2.05, 4.69) is 51.5 Å². The molecule has 5 rings (SSSR count). The Kier molecular flexibility index (Phi) is 22.8. The van der Waals surface area contributed by atoms with Crippen molar-refractivity contribution in [3.05, 3.63) is 64.1 Å².